The van der Waals surface area contributed by atoms with E-state index in [0.717, 1.165) is 24.6 Å². The van der Waals surface area contributed by atoms with Crippen molar-refractivity contribution < 1.29 is 13.2 Å². The second-order valence-corrected chi connectivity index (χ2v) is 7.11. The molecule has 4 N–H and O–H groups in total. The number of fused-ring (bicyclic) bond motifs is 1. The summed E-state index contributed by atoms with van der Waals surface area (Å²) in [4.78, 5) is 19.3. The molecule has 9 heteroatoms. The summed E-state index contributed by atoms with van der Waals surface area (Å²) >= 11 is 0. The molecule has 6 nitrogen and oxygen atoms in total. The lowest BCUT2D eigenvalue weighted by atomic mass is 10.1. The van der Waals surface area contributed by atoms with E-state index < -0.39 is 23.1 Å². The van der Waals surface area contributed by atoms with Gasteiger partial charge in [-0.05, 0) is 49.3 Å². The van der Waals surface area contributed by atoms with Gasteiger partial charge in [0, 0.05) is 29.8 Å². The number of H-pyrrole nitrogens is 1. The van der Waals surface area contributed by atoms with E-state index in [1.54, 1.807) is 18.3 Å². The van der Waals surface area contributed by atoms with Crippen molar-refractivity contribution in [1.82, 2.24) is 19.9 Å². The minimum atomic E-state index is -1.27. The number of aromatic amines is 1. The monoisotopic (exact) mass is 427 g/mol. The van der Waals surface area contributed by atoms with Gasteiger partial charge in [-0.3, -0.25) is 4.57 Å². The van der Waals surface area contributed by atoms with E-state index in [1.165, 1.54) is 10.6 Å². The van der Waals surface area contributed by atoms with Crippen LogP contribution in [0.4, 0.5) is 13.2 Å². The van der Waals surface area contributed by atoms with Crippen LogP contribution >= 0.6 is 0 Å². The van der Waals surface area contributed by atoms with Gasteiger partial charge in [0.25, 0.3) is 0 Å². The zero-order valence-corrected chi connectivity index (χ0v) is 16.5. The summed E-state index contributed by atoms with van der Waals surface area (Å²) in [5.41, 5.74) is 6.88. The third-order valence-corrected chi connectivity index (χ3v) is 4.91. The Morgan fingerprint density at radius 2 is 1.77 bits per heavy atom. The first-order chi connectivity index (χ1) is 15.0. The summed E-state index contributed by atoms with van der Waals surface area (Å²) in [6.45, 7) is 2.15. The standard InChI is InChI=1S/C22H20F3N5O/c23-17-10-19(25)18(24)9-16(17)20-8-14-12-30(22(31)29-21(14)28-20)15-4-2-13(3-5-15)11-27-7-1-6-26/h2-5,8-10,12,27H,1,6-7,11,26H2,(H,28,29,31). The first-order valence-corrected chi connectivity index (χ1v) is 9.73. The molecule has 0 aliphatic heterocycles. The van der Waals surface area contributed by atoms with Gasteiger partial charge in [-0.1, -0.05) is 12.1 Å². The fourth-order valence-electron chi connectivity index (χ4n) is 3.29. The van der Waals surface area contributed by atoms with Crippen LogP contribution in [0.3, 0.4) is 0 Å². The molecule has 4 rings (SSSR count). The Morgan fingerprint density at radius 1 is 1.03 bits per heavy atom. The maximum absolute atomic E-state index is 14.1. The lowest BCUT2D eigenvalue weighted by Crippen LogP contribution is -2.20. The second kappa shape index (κ2) is 8.75. The Balaban J connectivity index is 1.64. The Hall–Kier alpha value is -3.43. The Morgan fingerprint density at radius 3 is 2.52 bits per heavy atom. The van der Waals surface area contributed by atoms with Crippen molar-refractivity contribution >= 4 is 11.0 Å². The van der Waals surface area contributed by atoms with E-state index in [-0.39, 0.29) is 16.9 Å². The Kier molecular flexibility index (Phi) is 5.88. The molecule has 4 aromatic rings. The van der Waals surface area contributed by atoms with Gasteiger partial charge >= 0.3 is 5.69 Å². The van der Waals surface area contributed by atoms with E-state index in [0.29, 0.717) is 30.2 Å². The number of hydrogen-bond donors (Lipinski definition) is 3. The minimum Gasteiger partial charge on any atom is -0.339 e. The number of rotatable bonds is 7. The summed E-state index contributed by atoms with van der Waals surface area (Å²) in [5, 5.41) is 3.80. The Bertz CT molecular complexity index is 1280. The van der Waals surface area contributed by atoms with Crippen molar-refractivity contribution in [3.63, 3.8) is 0 Å². The van der Waals surface area contributed by atoms with Gasteiger partial charge in [-0.2, -0.15) is 4.98 Å². The van der Waals surface area contributed by atoms with E-state index in [2.05, 4.69) is 15.3 Å². The number of nitrogens with one attached hydrogen (secondary N) is 2. The van der Waals surface area contributed by atoms with Gasteiger partial charge in [-0.25, -0.2) is 18.0 Å². The van der Waals surface area contributed by atoms with Crippen LogP contribution < -0.4 is 16.7 Å². The highest BCUT2D eigenvalue weighted by Gasteiger charge is 2.15. The van der Waals surface area contributed by atoms with Gasteiger partial charge in [0.05, 0.1) is 11.4 Å². The molecule has 0 atom stereocenters. The SMILES string of the molecule is NCCCNCc1ccc(-n2cc3cc(-c4cc(F)c(F)cc4F)[nH]c3nc2=O)cc1. The van der Waals surface area contributed by atoms with Gasteiger partial charge < -0.3 is 16.0 Å². The van der Waals surface area contributed by atoms with Crippen molar-refractivity contribution in [3.8, 4) is 16.9 Å². The highest BCUT2D eigenvalue weighted by molar-refractivity contribution is 5.82. The molecule has 0 saturated heterocycles. The summed E-state index contributed by atoms with van der Waals surface area (Å²) in [6.07, 6.45) is 2.46. The number of aromatic nitrogens is 3. The highest BCUT2D eigenvalue weighted by atomic mass is 19.2. The van der Waals surface area contributed by atoms with Crippen LogP contribution in [0.15, 0.2) is 53.5 Å². The van der Waals surface area contributed by atoms with Crippen molar-refractivity contribution in [2.24, 2.45) is 5.73 Å². The number of halogens is 3. The van der Waals surface area contributed by atoms with E-state index in [9.17, 15) is 18.0 Å². The summed E-state index contributed by atoms with van der Waals surface area (Å²) in [5.74, 6) is -3.36. The molecule has 0 radical (unpaired) electrons. The van der Waals surface area contributed by atoms with Gasteiger partial charge in [0.2, 0.25) is 0 Å². The molecule has 160 valence electrons. The van der Waals surface area contributed by atoms with Crippen LogP contribution in [-0.4, -0.2) is 27.6 Å². The molecule has 2 aromatic heterocycles. The third-order valence-electron chi connectivity index (χ3n) is 4.91. The summed E-state index contributed by atoms with van der Waals surface area (Å²) in [7, 11) is 0. The topological polar surface area (TPSA) is 88.7 Å². The molecule has 0 saturated carbocycles. The first kappa shape index (κ1) is 20.8. The molecule has 2 heterocycles. The first-order valence-electron chi connectivity index (χ1n) is 9.73. The number of nitrogens with zero attached hydrogens (tertiary/aromatic N) is 2. The smallest absolute Gasteiger partial charge is 0.339 e. The molecule has 2 aromatic carbocycles. The molecule has 0 aliphatic rings. The van der Waals surface area contributed by atoms with Crippen LogP contribution in [0.2, 0.25) is 0 Å². The zero-order valence-electron chi connectivity index (χ0n) is 16.5. The molecule has 0 aliphatic carbocycles. The maximum atomic E-state index is 14.1. The van der Waals surface area contributed by atoms with Crippen LogP contribution in [0.1, 0.15) is 12.0 Å². The van der Waals surface area contributed by atoms with Crippen LogP contribution in [0.5, 0.6) is 0 Å². The quantitative estimate of drug-likeness (QED) is 0.312. The fourth-order valence-corrected chi connectivity index (χ4v) is 3.29. The van der Waals surface area contributed by atoms with Crippen LogP contribution in [0.25, 0.3) is 28.0 Å². The van der Waals surface area contributed by atoms with Gasteiger partial charge in [-0.15, -0.1) is 0 Å². The molecule has 0 spiro atoms. The van der Waals surface area contributed by atoms with Crippen molar-refractivity contribution in [3.05, 3.63) is 82.2 Å². The van der Waals surface area contributed by atoms with Crippen molar-refractivity contribution in [2.45, 2.75) is 13.0 Å². The van der Waals surface area contributed by atoms with Gasteiger partial charge in [0.15, 0.2) is 11.6 Å². The minimum absolute atomic E-state index is 0.151. The average molecular weight is 427 g/mol. The Labute approximate surface area is 175 Å². The summed E-state index contributed by atoms with van der Waals surface area (Å²) < 4.78 is 42.3. The molecule has 0 fully saturated rings. The predicted octanol–water partition coefficient (Wildman–Crippen LogP) is 3.24. The van der Waals surface area contributed by atoms with Crippen molar-refractivity contribution in [1.29, 1.82) is 0 Å². The number of hydrogen-bond acceptors (Lipinski definition) is 4. The third kappa shape index (κ3) is 4.37. The molecule has 0 bridgehead atoms. The van der Waals surface area contributed by atoms with Crippen molar-refractivity contribution in [2.75, 3.05) is 13.1 Å². The highest BCUT2D eigenvalue weighted by Crippen LogP contribution is 2.27. The van der Waals surface area contributed by atoms with E-state index >= 15 is 0 Å². The molecular weight excluding hydrogens is 407 g/mol. The molecular formula is C22H20F3N5O. The molecule has 0 unspecified atom stereocenters. The van der Waals surface area contributed by atoms with E-state index in [1.807, 2.05) is 12.1 Å². The lowest BCUT2D eigenvalue weighted by molar-refractivity contribution is 0.496. The average Bonchev–Trinajstić information content (AvgIpc) is 3.16. The van der Waals surface area contributed by atoms with E-state index in [4.69, 9.17) is 5.73 Å². The maximum Gasteiger partial charge on any atom is 0.354 e. The van der Waals surface area contributed by atoms with Gasteiger partial charge in [0.1, 0.15) is 11.5 Å². The number of nitrogens with two attached hydrogens (primary N) is 1. The second-order valence-electron chi connectivity index (χ2n) is 7.11. The lowest BCUT2D eigenvalue weighted by Gasteiger charge is -2.07. The number of benzene rings is 2. The molecule has 0 amide bonds. The normalized spacial score (nSPS) is 11.4. The fraction of sp³-hybridized carbons (Fsp3) is 0.182. The predicted molar refractivity (Wildman–Crippen MR) is 112 cm³/mol. The molecule has 31 heavy (non-hydrogen) atoms. The van der Waals surface area contributed by atoms with Crippen LogP contribution in [0, 0.1) is 17.5 Å². The van der Waals surface area contributed by atoms with Crippen LogP contribution in [-0.2, 0) is 6.54 Å². The zero-order chi connectivity index (χ0) is 22.0. The summed E-state index contributed by atoms with van der Waals surface area (Å²) in [6, 6.07) is 10.2. The largest absolute Gasteiger partial charge is 0.354 e.